The minimum Gasteiger partial charge on any atom is -0.480 e. The summed E-state index contributed by atoms with van der Waals surface area (Å²) in [5.74, 6) is -0.770. The third kappa shape index (κ3) is 2.49. The molecule has 1 fully saturated rings. The van der Waals surface area contributed by atoms with Gasteiger partial charge in [0.1, 0.15) is 5.54 Å². The topological polar surface area (TPSA) is 67.2 Å². The van der Waals surface area contributed by atoms with Crippen LogP contribution in [0.4, 0.5) is 0 Å². The number of nitrogens with one attached hydrogen (secondary N) is 1. The Morgan fingerprint density at radius 2 is 2.21 bits per heavy atom. The number of carbonyl (C=O) groups is 1. The molecule has 0 aliphatic heterocycles. The van der Waals surface area contributed by atoms with Gasteiger partial charge in [-0.05, 0) is 32.6 Å². The van der Waals surface area contributed by atoms with Crippen LogP contribution in [0.25, 0.3) is 0 Å². The van der Waals surface area contributed by atoms with Gasteiger partial charge in [-0.3, -0.25) is 14.8 Å². The molecule has 19 heavy (non-hydrogen) atoms. The van der Waals surface area contributed by atoms with Crippen LogP contribution >= 0.6 is 11.6 Å². The van der Waals surface area contributed by atoms with E-state index in [2.05, 4.69) is 10.4 Å². The summed E-state index contributed by atoms with van der Waals surface area (Å²) in [7, 11) is 0. The van der Waals surface area contributed by atoms with E-state index in [4.69, 9.17) is 11.6 Å². The van der Waals surface area contributed by atoms with E-state index in [1.165, 1.54) is 0 Å². The van der Waals surface area contributed by atoms with Gasteiger partial charge >= 0.3 is 5.97 Å². The molecular weight excluding hydrogens is 266 g/mol. The highest BCUT2D eigenvalue weighted by Gasteiger charge is 2.44. The standard InChI is InChI=1S/C13H20ClN3O2/c1-3-9-11(14)10(17(4-2)16-9)8-15-13(12(18)19)6-5-7-13/h15H,3-8H2,1-2H3,(H,18,19). The minimum absolute atomic E-state index is 0.450. The van der Waals surface area contributed by atoms with Crippen LogP contribution in [0.15, 0.2) is 0 Å². The predicted molar refractivity (Wildman–Crippen MR) is 73.3 cm³/mol. The minimum atomic E-state index is -0.770. The molecule has 1 heterocycles. The third-order valence-corrected chi connectivity index (χ3v) is 4.34. The Hall–Kier alpha value is -1.07. The largest absolute Gasteiger partial charge is 0.480 e. The number of aryl methyl sites for hydroxylation is 2. The molecule has 1 saturated carbocycles. The van der Waals surface area contributed by atoms with E-state index in [9.17, 15) is 9.90 Å². The molecule has 0 amide bonds. The summed E-state index contributed by atoms with van der Waals surface area (Å²) >= 11 is 6.31. The van der Waals surface area contributed by atoms with Gasteiger partial charge in [0.15, 0.2) is 0 Å². The molecule has 6 heteroatoms. The normalized spacial score (nSPS) is 17.2. The first-order valence-electron chi connectivity index (χ1n) is 6.76. The summed E-state index contributed by atoms with van der Waals surface area (Å²) in [4.78, 5) is 11.3. The van der Waals surface area contributed by atoms with Gasteiger partial charge in [-0.25, -0.2) is 0 Å². The smallest absolute Gasteiger partial charge is 0.323 e. The molecule has 0 atom stereocenters. The number of carboxylic acid groups (broad SMARTS) is 1. The average Bonchev–Trinajstić information content (AvgIpc) is 2.64. The Morgan fingerprint density at radius 1 is 1.53 bits per heavy atom. The summed E-state index contributed by atoms with van der Waals surface area (Å²) in [5, 5.41) is 17.5. The first-order chi connectivity index (χ1) is 9.04. The van der Waals surface area contributed by atoms with E-state index in [0.29, 0.717) is 24.4 Å². The van der Waals surface area contributed by atoms with Crippen molar-refractivity contribution >= 4 is 17.6 Å². The lowest BCUT2D eigenvalue weighted by molar-refractivity contribution is -0.148. The van der Waals surface area contributed by atoms with Gasteiger partial charge in [0.05, 0.1) is 16.4 Å². The molecule has 5 nitrogen and oxygen atoms in total. The fourth-order valence-corrected chi connectivity index (χ4v) is 2.77. The maximum absolute atomic E-state index is 11.3. The predicted octanol–water partition coefficient (Wildman–Crippen LogP) is 2.22. The number of aliphatic carboxylic acids is 1. The first kappa shape index (κ1) is 14.3. The Morgan fingerprint density at radius 3 is 2.63 bits per heavy atom. The molecule has 1 aromatic heterocycles. The van der Waals surface area contributed by atoms with Gasteiger partial charge in [0.2, 0.25) is 0 Å². The van der Waals surface area contributed by atoms with E-state index in [0.717, 1.165) is 30.8 Å². The van der Waals surface area contributed by atoms with Gasteiger partial charge < -0.3 is 5.11 Å². The average molecular weight is 286 g/mol. The van der Waals surface area contributed by atoms with Crippen molar-refractivity contribution in [3.8, 4) is 0 Å². The number of rotatable bonds is 6. The zero-order valence-electron chi connectivity index (χ0n) is 11.4. The molecule has 106 valence electrons. The molecule has 0 saturated heterocycles. The quantitative estimate of drug-likeness (QED) is 0.841. The van der Waals surface area contributed by atoms with Crippen LogP contribution in [0.1, 0.15) is 44.5 Å². The molecule has 0 aromatic carbocycles. The fourth-order valence-electron chi connectivity index (χ4n) is 2.44. The second-order valence-electron chi connectivity index (χ2n) is 4.97. The van der Waals surface area contributed by atoms with Gasteiger partial charge in [-0.2, -0.15) is 5.10 Å². The lowest BCUT2D eigenvalue weighted by Gasteiger charge is -2.38. The highest BCUT2D eigenvalue weighted by molar-refractivity contribution is 6.31. The fraction of sp³-hybridized carbons (Fsp3) is 0.692. The number of halogens is 1. The van der Waals surface area contributed by atoms with Crippen molar-refractivity contribution in [2.45, 2.75) is 58.2 Å². The highest BCUT2D eigenvalue weighted by atomic mass is 35.5. The number of hydrogen-bond donors (Lipinski definition) is 2. The molecule has 2 rings (SSSR count). The van der Waals surface area contributed by atoms with Crippen LogP contribution < -0.4 is 5.32 Å². The van der Waals surface area contributed by atoms with Crippen LogP contribution in [0, 0.1) is 0 Å². The molecule has 2 N–H and O–H groups in total. The molecule has 1 aliphatic rings. The second-order valence-corrected chi connectivity index (χ2v) is 5.35. The molecule has 0 unspecified atom stereocenters. The molecule has 1 aliphatic carbocycles. The van der Waals surface area contributed by atoms with Crippen molar-refractivity contribution in [2.24, 2.45) is 0 Å². The monoisotopic (exact) mass is 285 g/mol. The van der Waals surface area contributed by atoms with Crippen LogP contribution in [0.2, 0.25) is 5.02 Å². The Kier molecular flexibility index (Phi) is 4.16. The van der Waals surface area contributed by atoms with Crippen molar-refractivity contribution in [3.05, 3.63) is 16.4 Å². The van der Waals surface area contributed by atoms with E-state index >= 15 is 0 Å². The van der Waals surface area contributed by atoms with Crippen LogP contribution in [-0.2, 0) is 24.3 Å². The van der Waals surface area contributed by atoms with E-state index < -0.39 is 11.5 Å². The molecule has 1 aromatic rings. The number of nitrogens with zero attached hydrogens (tertiary/aromatic N) is 2. The van der Waals surface area contributed by atoms with Gasteiger partial charge in [0, 0.05) is 13.1 Å². The first-order valence-corrected chi connectivity index (χ1v) is 7.14. The summed E-state index contributed by atoms with van der Waals surface area (Å²) in [6.07, 6.45) is 3.10. The van der Waals surface area contributed by atoms with Crippen molar-refractivity contribution in [1.82, 2.24) is 15.1 Å². The molecule has 0 spiro atoms. The van der Waals surface area contributed by atoms with Crippen molar-refractivity contribution in [3.63, 3.8) is 0 Å². The maximum atomic E-state index is 11.3. The summed E-state index contributed by atoms with van der Waals surface area (Å²) in [5.41, 5.74) is 0.991. The lowest BCUT2D eigenvalue weighted by Crippen LogP contribution is -2.56. The van der Waals surface area contributed by atoms with Crippen LogP contribution in [0.3, 0.4) is 0 Å². The van der Waals surface area contributed by atoms with Crippen LogP contribution in [-0.4, -0.2) is 26.4 Å². The number of carboxylic acids is 1. The lowest BCUT2D eigenvalue weighted by atomic mass is 9.77. The second kappa shape index (κ2) is 5.51. The molecular formula is C13H20ClN3O2. The van der Waals surface area contributed by atoms with Gasteiger partial charge in [0.25, 0.3) is 0 Å². The van der Waals surface area contributed by atoms with E-state index in [1.807, 2.05) is 18.5 Å². The Balaban J connectivity index is 2.15. The van der Waals surface area contributed by atoms with E-state index in [1.54, 1.807) is 0 Å². The zero-order chi connectivity index (χ0) is 14.0. The molecule has 0 radical (unpaired) electrons. The van der Waals surface area contributed by atoms with Gasteiger partial charge in [-0.1, -0.05) is 18.5 Å². The Labute approximate surface area is 117 Å². The maximum Gasteiger partial charge on any atom is 0.323 e. The van der Waals surface area contributed by atoms with Crippen molar-refractivity contribution in [2.75, 3.05) is 0 Å². The highest BCUT2D eigenvalue weighted by Crippen LogP contribution is 2.33. The summed E-state index contributed by atoms with van der Waals surface area (Å²) < 4.78 is 1.85. The summed E-state index contributed by atoms with van der Waals surface area (Å²) in [6.45, 7) is 5.20. The van der Waals surface area contributed by atoms with E-state index in [-0.39, 0.29) is 0 Å². The SMILES string of the molecule is CCc1nn(CC)c(CNC2(C(=O)O)CCC2)c1Cl. The van der Waals surface area contributed by atoms with Crippen molar-refractivity contribution < 1.29 is 9.90 Å². The van der Waals surface area contributed by atoms with Crippen molar-refractivity contribution in [1.29, 1.82) is 0 Å². The number of hydrogen-bond acceptors (Lipinski definition) is 3. The zero-order valence-corrected chi connectivity index (χ0v) is 12.1. The van der Waals surface area contributed by atoms with Crippen LogP contribution in [0.5, 0.6) is 0 Å². The molecule has 0 bridgehead atoms. The Bertz CT molecular complexity index is 480. The third-order valence-electron chi connectivity index (χ3n) is 3.90. The summed E-state index contributed by atoms with van der Waals surface area (Å²) in [6, 6.07) is 0. The van der Waals surface area contributed by atoms with Gasteiger partial charge in [-0.15, -0.1) is 0 Å². The number of aromatic nitrogens is 2.